The fourth-order valence-corrected chi connectivity index (χ4v) is 4.02. The number of hydrogen-bond acceptors (Lipinski definition) is 10. The Balaban J connectivity index is 2.10. The average molecular weight is 477 g/mol. The van der Waals surface area contributed by atoms with E-state index in [1.54, 1.807) is 26.0 Å². The number of imide groups is 1. The molecule has 1 aromatic rings. The van der Waals surface area contributed by atoms with E-state index in [4.69, 9.17) is 23.7 Å². The van der Waals surface area contributed by atoms with E-state index in [9.17, 15) is 24.0 Å². The number of fused-ring (bicyclic) bond motifs is 1. The predicted octanol–water partition coefficient (Wildman–Crippen LogP) is 1.23. The van der Waals surface area contributed by atoms with Crippen molar-refractivity contribution in [3.63, 3.8) is 0 Å². The summed E-state index contributed by atoms with van der Waals surface area (Å²) in [6.45, 7) is 6.54. The Morgan fingerprint density at radius 2 is 1.44 bits per heavy atom. The third-order valence-corrected chi connectivity index (χ3v) is 5.20. The minimum atomic E-state index is -1.36. The van der Waals surface area contributed by atoms with Crippen molar-refractivity contribution >= 4 is 29.7 Å². The molecule has 1 fully saturated rings. The van der Waals surface area contributed by atoms with Crippen LogP contribution in [0.2, 0.25) is 0 Å². The van der Waals surface area contributed by atoms with E-state index in [0.29, 0.717) is 0 Å². The van der Waals surface area contributed by atoms with Gasteiger partial charge in [0.2, 0.25) is 0 Å². The third-order valence-electron chi connectivity index (χ3n) is 5.20. The van der Waals surface area contributed by atoms with Crippen LogP contribution in [0.3, 0.4) is 0 Å². The van der Waals surface area contributed by atoms with Crippen molar-refractivity contribution in [1.82, 2.24) is 4.90 Å². The van der Waals surface area contributed by atoms with E-state index in [2.05, 4.69) is 0 Å². The van der Waals surface area contributed by atoms with E-state index < -0.39 is 66.5 Å². The number of rotatable bonds is 7. The summed E-state index contributed by atoms with van der Waals surface area (Å²) in [6, 6.07) is 4.95. The van der Waals surface area contributed by atoms with Crippen molar-refractivity contribution in [1.29, 1.82) is 0 Å². The third kappa shape index (κ3) is 5.26. The summed E-state index contributed by atoms with van der Waals surface area (Å²) in [4.78, 5) is 62.9. The van der Waals surface area contributed by atoms with Crippen LogP contribution in [-0.2, 0) is 38.1 Å². The van der Waals surface area contributed by atoms with Gasteiger partial charge in [0.25, 0.3) is 11.8 Å². The molecule has 2 aliphatic rings. The van der Waals surface area contributed by atoms with Gasteiger partial charge < -0.3 is 23.7 Å². The number of carbonyl (C=O) groups is 5. The van der Waals surface area contributed by atoms with Gasteiger partial charge in [0.1, 0.15) is 18.8 Å². The van der Waals surface area contributed by atoms with Gasteiger partial charge >= 0.3 is 17.9 Å². The SMILES string of the molecule is CC(=O)OC[C@H]1O[C@@H](OC(C)C)[C@H](N2C(=O)c3ccccc3C2=O)[C@@H](OC(C)=O)[C@@H]1OC(C)=O. The molecule has 0 bridgehead atoms. The molecule has 184 valence electrons. The largest absolute Gasteiger partial charge is 0.463 e. The van der Waals surface area contributed by atoms with E-state index in [1.165, 1.54) is 19.1 Å². The van der Waals surface area contributed by atoms with E-state index in [0.717, 1.165) is 18.7 Å². The van der Waals surface area contributed by atoms with Crippen LogP contribution in [0.15, 0.2) is 24.3 Å². The lowest BCUT2D eigenvalue weighted by molar-refractivity contribution is -0.293. The van der Waals surface area contributed by atoms with E-state index in [1.807, 2.05) is 0 Å². The minimum absolute atomic E-state index is 0.170. The summed E-state index contributed by atoms with van der Waals surface area (Å²) in [5.74, 6) is -3.37. The monoisotopic (exact) mass is 477 g/mol. The zero-order chi connectivity index (χ0) is 25.2. The molecule has 1 saturated heterocycles. The lowest BCUT2D eigenvalue weighted by Gasteiger charge is -2.47. The first-order valence-corrected chi connectivity index (χ1v) is 10.8. The van der Waals surface area contributed by atoms with Gasteiger partial charge in [-0.1, -0.05) is 12.1 Å². The molecular formula is C23H27NO10. The highest BCUT2D eigenvalue weighted by Crippen LogP contribution is 2.35. The van der Waals surface area contributed by atoms with Crippen LogP contribution >= 0.6 is 0 Å². The van der Waals surface area contributed by atoms with Gasteiger partial charge in [-0.05, 0) is 26.0 Å². The second-order valence-corrected chi connectivity index (χ2v) is 8.19. The highest BCUT2D eigenvalue weighted by molar-refractivity contribution is 6.21. The van der Waals surface area contributed by atoms with Crippen molar-refractivity contribution in [2.24, 2.45) is 0 Å². The van der Waals surface area contributed by atoms with Crippen molar-refractivity contribution in [3.05, 3.63) is 35.4 Å². The molecule has 0 unspecified atom stereocenters. The van der Waals surface area contributed by atoms with Crippen molar-refractivity contribution < 1.29 is 47.7 Å². The van der Waals surface area contributed by atoms with Gasteiger partial charge in [-0.15, -0.1) is 0 Å². The molecule has 1 aromatic carbocycles. The number of amides is 2. The standard InChI is InChI=1S/C23H27NO10/c1-11(2)31-23-18(24-21(28)15-8-6-7-9-16(15)22(24)29)20(33-14(5)27)19(32-13(4)26)17(34-23)10-30-12(3)25/h6-9,11,17-20,23H,10H2,1-5H3/t17-,18-,19-,20-,23-/m1/s1. The summed E-state index contributed by atoms with van der Waals surface area (Å²) in [5.41, 5.74) is 0.340. The van der Waals surface area contributed by atoms with Crippen LogP contribution in [0, 0.1) is 0 Å². The summed E-state index contributed by atoms with van der Waals surface area (Å²) in [6.07, 6.45) is -5.48. The number of ether oxygens (including phenoxy) is 5. The molecule has 0 aliphatic carbocycles. The fraction of sp³-hybridized carbons (Fsp3) is 0.522. The molecule has 0 N–H and O–H groups in total. The molecule has 0 spiro atoms. The van der Waals surface area contributed by atoms with Crippen LogP contribution in [-0.4, -0.2) is 78.0 Å². The molecule has 5 atom stereocenters. The zero-order valence-corrected chi connectivity index (χ0v) is 19.5. The molecule has 34 heavy (non-hydrogen) atoms. The Bertz CT molecular complexity index is 955. The number of carbonyl (C=O) groups excluding carboxylic acids is 5. The first-order chi connectivity index (χ1) is 16.0. The minimum Gasteiger partial charge on any atom is -0.463 e. The molecule has 11 heteroatoms. The van der Waals surface area contributed by atoms with Gasteiger partial charge in [0.15, 0.2) is 18.5 Å². The van der Waals surface area contributed by atoms with Gasteiger partial charge in [-0.3, -0.25) is 28.9 Å². The quantitative estimate of drug-likeness (QED) is 0.320. The smallest absolute Gasteiger partial charge is 0.303 e. The zero-order valence-electron chi connectivity index (χ0n) is 19.5. The Labute approximate surface area is 196 Å². The summed E-state index contributed by atoms with van der Waals surface area (Å²) >= 11 is 0. The van der Waals surface area contributed by atoms with Crippen molar-refractivity contribution in [2.45, 2.75) is 71.4 Å². The summed E-state index contributed by atoms with van der Waals surface area (Å²) in [5, 5.41) is 0. The lowest BCUT2D eigenvalue weighted by atomic mass is 9.94. The van der Waals surface area contributed by atoms with Crippen molar-refractivity contribution in [3.8, 4) is 0 Å². The van der Waals surface area contributed by atoms with E-state index >= 15 is 0 Å². The molecule has 0 radical (unpaired) electrons. The maximum atomic E-state index is 13.3. The maximum Gasteiger partial charge on any atom is 0.303 e. The number of hydrogen-bond donors (Lipinski definition) is 0. The maximum absolute atomic E-state index is 13.3. The first-order valence-electron chi connectivity index (χ1n) is 10.8. The van der Waals surface area contributed by atoms with Crippen LogP contribution in [0.5, 0.6) is 0 Å². The highest BCUT2D eigenvalue weighted by Gasteiger charge is 2.57. The van der Waals surface area contributed by atoms with Gasteiger partial charge in [0, 0.05) is 20.8 Å². The topological polar surface area (TPSA) is 135 Å². The number of nitrogens with zero attached hydrogens (tertiary/aromatic N) is 1. The average Bonchev–Trinajstić information content (AvgIpc) is 2.98. The van der Waals surface area contributed by atoms with Gasteiger partial charge in [-0.2, -0.15) is 0 Å². The van der Waals surface area contributed by atoms with E-state index in [-0.39, 0.29) is 17.7 Å². The Hall–Kier alpha value is -3.31. The highest BCUT2D eigenvalue weighted by atomic mass is 16.7. The predicted molar refractivity (Wildman–Crippen MR) is 113 cm³/mol. The van der Waals surface area contributed by atoms with Crippen LogP contribution in [0.4, 0.5) is 0 Å². The fourth-order valence-electron chi connectivity index (χ4n) is 4.02. The Morgan fingerprint density at radius 3 is 1.91 bits per heavy atom. The van der Waals surface area contributed by atoms with Crippen LogP contribution < -0.4 is 0 Å². The molecule has 0 saturated carbocycles. The summed E-state index contributed by atoms with van der Waals surface area (Å²) in [7, 11) is 0. The first kappa shape index (κ1) is 25.3. The molecule has 2 amide bonds. The molecular weight excluding hydrogens is 450 g/mol. The number of benzene rings is 1. The lowest BCUT2D eigenvalue weighted by Crippen LogP contribution is -2.67. The van der Waals surface area contributed by atoms with Gasteiger partial charge in [0.05, 0.1) is 17.2 Å². The molecule has 2 heterocycles. The Kier molecular flexibility index (Phi) is 7.68. The van der Waals surface area contributed by atoms with Crippen molar-refractivity contribution in [2.75, 3.05) is 6.61 Å². The molecule has 2 aliphatic heterocycles. The summed E-state index contributed by atoms with van der Waals surface area (Å²) < 4.78 is 27.8. The number of esters is 3. The Morgan fingerprint density at radius 1 is 0.912 bits per heavy atom. The van der Waals surface area contributed by atoms with Crippen LogP contribution in [0.1, 0.15) is 55.3 Å². The molecule has 0 aromatic heterocycles. The second kappa shape index (κ2) is 10.3. The second-order valence-electron chi connectivity index (χ2n) is 8.19. The van der Waals surface area contributed by atoms with Gasteiger partial charge in [-0.25, -0.2) is 0 Å². The molecule has 11 nitrogen and oxygen atoms in total. The van der Waals surface area contributed by atoms with Crippen LogP contribution in [0.25, 0.3) is 0 Å². The molecule has 3 rings (SSSR count). The normalized spacial score (nSPS) is 26.3.